The van der Waals surface area contributed by atoms with Crippen LogP contribution in [-0.2, 0) is 6.54 Å². The molecule has 1 heterocycles. The molecule has 0 unspecified atom stereocenters. The number of rotatable bonds is 2. The zero-order valence-electron chi connectivity index (χ0n) is 11.4. The van der Waals surface area contributed by atoms with Crippen LogP contribution in [0.15, 0.2) is 36.4 Å². The van der Waals surface area contributed by atoms with Gasteiger partial charge in [-0.1, -0.05) is 12.1 Å². The number of phenols is 1. The predicted molar refractivity (Wildman–Crippen MR) is 77.2 cm³/mol. The second kappa shape index (κ2) is 4.63. The molecule has 0 radical (unpaired) electrons. The molecule has 0 amide bonds. The largest absolute Gasteiger partial charge is 0.508 e. The van der Waals surface area contributed by atoms with E-state index in [1.807, 2.05) is 24.5 Å². The van der Waals surface area contributed by atoms with E-state index in [1.54, 1.807) is 18.2 Å². The summed E-state index contributed by atoms with van der Waals surface area (Å²) in [6, 6.07) is 9.94. The molecule has 3 rings (SSSR count). The fourth-order valence-corrected chi connectivity index (χ4v) is 2.49. The van der Waals surface area contributed by atoms with E-state index in [-0.39, 0.29) is 11.6 Å². The lowest BCUT2D eigenvalue weighted by molar-refractivity contribution is 0.471. The van der Waals surface area contributed by atoms with Gasteiger partial charge in [-0.3, -0.25) is 0 Å². The Bertz CT molecular complexity index is 793. The molecule has 3 nitrogen and oxygen atoms in total. The van der Waals surface area contributed by atoms with Crippen molar-refractivity contribution in [1.29, 1.82) is 0 Å². The molecule has 0 spiro atoms. The highest BCUT2D eigenvalue weighted by Crippen LogP contribution is 2.31. The molecule has 0 saturated carbocycles. The summed E-state index contributed by atoms with van der Waals surface area (Å²) in [4.78, 5) is 4.58. The summed E-state index contributed by atoms with van der Waals surface area (Å²) in [5.74, 6) is 0.719. The third-order valence-corrected chi connectivity index (χ3v) is 3.57. The van der Waals surface area contributed by atoms with Crippen LogP contribution in [0.2, 0.25) is 0 Å². The molecule has 102 valence electrons. The van der Waals surface area contributed by atoms with Crippen molar-refractivity contribution < 1.29 is 9.50 Å². The van der Waals surface area contributed by atoms with Gasteiger partial charge in [-0.15, -0.1) is 0 Å². The Kier molecular flexibility index (Phi) is 2.93. The molecule has 0 aliphatic heterocycles. The zero-order chi connectivity index (χ0) is 14.3. The Labute approximate surface area is 116 Å². The summed E-state index contributed by atoms with van der Waals surface area (Å²) >= 11 is 0. The van der Waals surface area contributed by atoms with Crippen LogP contribution in [0.5, 0.6) is 5.75 Å². The highest BCUT2D eigenvalue weighted by atomic mass is 19.1. The summed E-state index contributed by atoms with van der Waals surface area (Å²) in [7, 11) is 0. The molecule has 0 fully saturated rings. The second-order valence-electron chi connectivity index (χ2n) is 4.76. The van der Waals surface area contributed by atoms with Gasteiger partial charge in [0.2, 0.25) is 0 Å². The third kappa shape index (κ3) is 1.84. The Morgan fingerprint density at radius 1 is 1.25 bits per heavy atom. The van der Waals surface area contributed by atoms with Crippen molar-refractivity contribution in [3.63, 3.8) is 0 Å². The summed E-state index contributed by atoms with van der Waals surface area (Å²) in [6.07, 6.45) is 0. The van der Waals surface area contributed by atoms with Crippen molar-refractivity contribution in [2.24, 2.45) is 0 Å². The van der Waals surface area contributed by atoms with Crippen LogP contribution >= 0.6 is 0 Å². The normalized spacial score (nSPS) is 11.2. The van der Waals surface area contributed by atoms with Gasteiger partial charge in [-0.05, 0) is 38.1 Å². The smallest absolute Gasteiger partial charge is 0.141 e. The van der Waals surface area contributed by atoms with Crippen molar-refractivity contribution >= 4 is 11.0 Å². The van der Waals surface area contributed by atoms with Crippen LogP contribution in [0.1, 0.15) is 12.5 Å². The maximum Gasteiger partial charge on any atom is 0.141 e. The Morgan fingerprint density at radius 3 is 2.80 bits per heavy atom. The fourth-order valence-electron chi connectivity index (χ4n) is 2.49. The molecule has 0 aliphatic rings. The zero-order valence-corrected chi connectivity index (χ0v) is 11.4. The predicted octanol–water partition coefficient (Wildman–Crippen LogP) is 3.88. The van der Waals surface area contributed by atoms with Crippen molar-refractivity contribution in [2.75, 3.05) is 0 Å². The average Bonchev–Trinajstić information content (AvgIpc) is 2.79. The second-order valence-corrected chi connectivity index (χ2v) is 4.76. The van der Waals surface area contributed by atoms with E-state index in [2.05, 4.69) is 4.98 Å². The van der Waals surface area contributed by atoms with Crippen LogP contribution in [0.4, 0.5) is 4.39 Å². The van der Waals surface area contributed by atoms with Gasteiger partial charge in [0.25, 0.3) is 0 Å². The number of benzene rings is 2. The Hall–Kier alpha value is -2.36. The summed E-state index contributed by atoms with van der Waals surface area (Å²) in [5.41, 5.74) is 3.16. The van der Waals surface area contributed by atoms with E-state index < -0.39 is 0 Å². The molecule has 0 bridgehead atoms. The summed E-state index contributed by atoms with van der Waals surface area (Å²) < 4.78 is 15.4. The van der Waals surface area contributed by atoms with Crippen molar-refractivity contribution in [1.82, 2.24) is 9.55 Å². The first kappa shape index (κ1) is 12.7. The van der Waals surface area contributed by atoms with Crippen molar-refractivity contribution in [3.8, 4) is 17.1 Å². The van der Waals surface area contributed by atoms with Gasteiger partial charge in [0, 0.05) is 17.7 Å². The molecule has 2 aromatic carbocycles. The molecule has 0 saturated heterocycles. The lowest BCUT2D eigenvalue weighted by Gasteiger charge is -2.09. The number of phenolic OH excluding ortho intramolecular Hbond substituents is 1. The van der Waals surface area contributed by atoms with Gasteiger partial charge in [0.15, 0.2) is 0 Å². The van der Waals surface area contributed by atoms with E-state index in [4.69, 9.17) is 0 Å². The van der Waals surface area contributed by atoms with Gasteiger partial charge < -0.3 is 9.67 Å². The molecule has 1 aromatic heterocycles. The molecule has 4 heteroatoms. The first-order valence-corrected chi connectivity index (χ1v) is 6.56. The molecule has 0 aliphatic carbocycles. The van der Waals surface area contributed by atoms with Crippen molar-refractivity contribution in [2.45, 2.75) is 20.4 Å². The lowest BCUT2D eigenvalue weighted by atomic mass is 10.1. The number of hydrogen-bond acceptors (Lipinski definition) is 2. The SMILES string of the molecule is CCn1c(-c2cccc(O)c2C)nc2ccc(F)cc21. The van der Waals surface area contributed by atoms with Crippen LogP contribution in [-0.4, -0.2) is 14.7 Å². The minimum absolute atomic E-state index is 0.239. The first-order valence-electron chi connectivity index (χ1n) is 6.56. The minimum atomic E-state index is -0.272. The number of aromatic nitrogens is 2. The average molecular weight is 270 g/mol. The Morgan fingerprint density at radius 2 is 2.05 bits per heavy atom. The summed E-state index contributed by atoms with van der Waals surface area (Å²) in [6.45, 7) is 4.53. The number of nitrogens with zero attached hydrogens (tertiary/aromatic N) is 2. The maximum absolute atomic E-state index is 13.4. The molecule has 20 heavy (non-hydrogen) atoms. The van der Waals surface area contributed by atoms with E-state index >= 15 is 0 Å². The van der Waals surface area contributed by atoms with E-state index in [0.29, 0.717) is 6.54 Å². The van der Waals surface area contributed by atoms with Gasteiger partial charge >= 0.3 is 0 Å². The fraction of sp³-hybridized carbons (Fsp3) is 0.188. The monoisotopic (exact) mass is 270 g/mol. The van der Waals surface area contributed by atoms with Crippen LogP contribution in [0.25, 0.3) is 22.4 Å². The maximum atomic E-state index is 13.4. The van der Waals surface area contributed by atoms with Gasteiger partial charge in [0.1, 0.15) is 17.4 Å². The molecular weight excluding hydrogens is 255 g/mol. The van der Waals surface area contributed by atoms with E-state index in [1.165, 1.54) is 12.1 Å². The van der Waals surface area contributed by atoms with E-state index in [9.17, 15) is 9.50 Å². The minimum Gasteiger partial charge on any atom is -0.508 e. The number of halogens is 1. The standard InChI is InChI=1S/C16H15FN2O/c1-3-19-14-9-11(17)7-8-13(14)18-16(19)12-5-4-6-15(20)10(12)2/h4-9,20H,3H2,1-2H3. The van der Waals surface area contributed by atoms with Gasteiger partial charge in [-0.25, -0.2) is 9.37 Å². The molecule has 0 atom stereocenters. The van der Waals surface area contributed by atoms with Crippen LogP contribution in [0.3, 0.4) is 0 Å². The summed E-state index contributed by atoms with van der Waals surface area (Å²) in [5, 5.41) is 9.85. The topological polar surface area (TPSA) is 38.0 Å². The van der Waals surface area contributed by atoms with Gasteiger partial charge in [-0.2, -0.15) is 0 Å². The Balaban J connectivity index is 2.33. The van der Waals surface area contributed by atoms with Gasteiger partial charge in [0.05, 0.1) is 11.0 Å². The van der Waals surface area contributed by atoms with Crippen LogP contribution in [0, 0.1) is 12.7 Å². The molecule has 3 aromatic rings. The highest BCUT2D eigenvalue weighted by molar-refractivity contribution is 5.81. The number of aryl methyl sites for hydroxylation is 1. The van der Waals surface area contributed by atoms with Crippen LogP contribution < -0.4 is 0 Å². The number of hydrogen-bond donors (Lipinski definition) is 1. The quantitative estimate of drug-likeness (QED) is 0.767. The number of imidazole rings is 1. The van der Waals surface area contributed by atoms with E-state index in [0.717, 1.165) is 28.0 Å². The number of aromatic hydroxyl groups is 1. The number of fused-ring (bicyclic) bond motifs is 1. The molecule has 1 N–H and O–H groups in total. The highest BCUT2D eigenvalue weighted by Gasteiger charge is 2.15. The lowest BCUT2D eigenvalue weighted by Crippen LogP contribution is -1.99. The molecular formula is C16H15FN2O. The first-order chi connectivity index (χ1) is 9.61. The van der Waals surface area contributed by atoms with Crippen molar-refractivity contribution in [3.05, 3.63) is 47.8 Å². The third-order valence-electron chi connectivity index (χ3n) is 3.57.